The third-order valence-corrected chi connectivity index (χ3v) is 5.32. The Hall–Kier alpha value is -3.15. The maximum absolute atomic E-state index is 15.2. The van der Waals surface area contributed by atoms with Crippen LogP contribution in [0.5, 0.6) is 0 Å². The lowest BCUT2D eigenvalue weighted by Crippen LogP contribution is -2.26. The van der Waals surface area contributed by atoms with Gasteiger partial charge in [-0.3, -0.25) is 4.79 Å². The van der Waals surface area contributed by atoms with Gasteiger partial charge in [-0.05, 0) is 71.0 Å². The molecule has 1 aromatic heterocycles. The van der Waals surface area contributed by atoms with Crippen molar-refractivity contribution in [2.75, 3.05) is 17.6 Å². The van der Waals surface area contributed by atoms with Crippen LogP contribution in [0.4, 0.5) is 34.8 Å². The second-order valence-electron chi connectivity index (χ2n) is 7.32. The lowest BCUT2D eigenvalue weighted by molar-refractivity contribution is 0.0957. The minimum atomic E-state index is -1.41. The zero-order chi connectivity index (χ0) is 24.3. The van der Waals surface area contributed by atoms with Crippen molar-refractivity contribution in [2.45, 2.75) is 13.3 Å². The molecule has 0 saturated heterocycles. The number of aromatic nitrogens is 1. The number of amides is 1. The first-order valence-corrected chi connectivity index (χ1v) is 10.7. The van der Waals surface area contributed by atoms with Gasteiger partial charge in [0.25, 0.3) is 5.91 Å². The molecule has 0 radical (unpaired) electrons. The van der Waals surface area contributed by atoms with Crippen molar-refractivity contribution in [1.82, 2.24) is 10.3 Å². The smallest absolute Gasteiger partial charge is 0.253 e. The molecule has 0 aliphatic rings. The number of carbonyl (C=O) groups excluding carboxylic acids is 1. The highest BCUT2D eigenvalue weighted by Gasteiger charge is 2.24. The number of anilines is 3. The third kappa shape index (κ3) is 5.62. The van der Waals surface area contributed by atoms with E-state index in [1.165, 1.54) is 24.4 Å². The van der Waals surface area contributed by atoms with Gasteiger partial charge in [0.05, 0.1) is 16.9 Å². The summed E-state index contributed by atoms with van der Waals surface area (Å²) in [4.78, 5) is 16.4. The Bertz CT molecular complexity index is 1250. The molecular formula is C23H19F4IN4O. The molecule has 33 heavy (non-hydrogen) atoms. The van der Waals surface area contributed by atoms with Gasteiger partial charge in [0.15, 0.2) is 23.3 Å². The number of rotatable bonds is 7. The number of nitrogens with one attached hydrogen (secondary N) is 2. The molecule has 172 valence electrons. The fraction of sp³-hybridized carbons (Fsp3) is 0.130. The van der Waals surface area contributed by atoms with Crippen molar-refractivity contribution in [2.24, 2.45) is 0 Å². The molecule has 3 aromatic rings. The van der Waals surface area contributed by atoms with E-state index in [0.29, 0.717) is 9.14 Å². The SMILES string of the molecule is C=C(C)CNC(=O)c1cc(Cc2ccnc(N)c2F)c(F)c(F)c1Nc1ccc(I)cc1F. The van der Waals surface area contributed by atoms with E-state index < -0.39 is 34.9 Å². The zero-order valence-electron chi connectivity index (χ0n) is 17.4. The van der Waals surface area contributed by atoms with Gasteiger partial charge in [-0.15, -0.1) is 0 Å². The highest BCUT2D eigenvalue weighted by atomic mass is 127. The summed E-state index contributed by atoms with van der Waals surface area (Å²) < 4.78 is 59.4. The van der Waals surface area contributed by atoms with Crippen LogP contribution in [-0.4, -0.2) is 17.4 Å². The number of hydrogen-bond acceptors (Lipinski definition) is 4. The fourth-order valence-electron chi connectivity index (χ4n) is 3.00. The van der Waals surface area contributed by atoms with Crippen LogP contribution in [0.1, 0.15) is 28.4 Å². The Morgan fingerprint density at radius 3 is 2.48 bits per heavy atom. The highest BCUT2D eigenvalue weighted by molar-refractivity contribution is 14.1. The molecular weight excluding hydrogens is 551 g/mol. The summed E-state index contributed by atoms with van der Waals surface area (Å²) in [5.74, 6) is -5.44. The molecule has 1 heterocycles. The van der Waals surface area contributed by atoms with E-state index in [1.54, 1.807) is 13.0 Å². The fourth-order valence-corrected chi connectivity index (χ4v) is 3.46. The van der Waals surface area contributed by atoms with Gasteiger partial charge < -0.3 is 16.4 Å². The molecule has 2 aromatic carbocycles. The standard InChI is InChI=1S/C23H19F4IN4O/c1-11(2)10-31-23(33)15-8-13(7-12-5-6-30-22(29)19(12)26)18(25)20(27)21(15)32-17-4-3-14(28)9-16(17)24/h3-6,8-9,32H,1,7,10H2,2H3,(H2,29,30)(H,31,33). The van der Waals surface area contributed by atoms with Gasteiger partial charge in [0.2, 0.25) is 0 Å². The van der Waals surface area contributed by atoms with Crippen LogP contribution < -0.4 is 16.4 Å². The van der Waals surface area contributed by atoms with Gasteiger partial charge in [-0.2, -0.15) is 0 Å². The Kier molecular flexibility index (Phi) is 7.57. The molecule has 0 aliphatic carbocycles. The molecule has 0 aliphatic heterocycles. The average molecular weight is 570 g/mol. The summed E-state index contributed by atoms with van der Waals surface area (Å²) >= 11 is 1.90. The topological polar surface area (TPSA) is 80.0 Å². The molecule has 4 N–H and O–H groups in total. The summed E-state index contributed by atoms with van der Waals surface area (Å²) in [5.41, 5.74) is 4.77. The summed E-state index contributed by atoms with van der Waals surface area (Å²) in [5, 5.41) is 5.02. The van der Waals surface area contributed by atoms with Crippen LogP contribution >= 0.6 is 22.6 Å². The van der Waals surface area contributed by atoms with Crippen LogP contribution in [-0.2, 0) is 6.42 Å². The van der Waals surface area contributed by atoms with Crippen molar-refractivity contribution in [3.05, 3.63) is 92.2 Å². The summed E-state index contributed by atoms with van der Waals surface area (Å²) in [6.45, 7) is 5.44. The Balaban J connectivity index is 2.11. The highest BCUT2D eigenvalue weighted by Crippen LogP contribution is 2.32. The van der Waals surface area contributed by atoms with Crippen molar-refractivity contribution >= 4 is 45.7 Å². The second-order valence-corrected chi connectivity index (χ2v) is 8.57. The normalized spacial score (nSPS) is 10.7. The summed E-state index contributed by atoms with van der Waals surface area (Å²) in [6.07, 6.45) is 0.845. The zero-order valence-corrected chi connectivity index (χ0v) is 19.6. The number of benzene rings is 2. The molecule has 1 amide bonds. The molecule has 0 saturated carbocycles. The monoisotopic (exact) mass is 570 g/mol. The molecule has 10 heteroatoms. The van der Waals surface area contributed by atoms with Crippen LogP contribution in [0.2, 0.25) is 0 Å². The largest absolute Gasteiger partial charge is 0.381 e. The number of carbonyl (C=O) groups is 1. The van der Waals surface area contributed by atoms with Crippen LogP contribution in [0.25, 0.3) is 0 Å². The molecule has 0 bridgehead atoms. The number of nitrogens with zero attached hydrogens (tertiary/aromatic N) is 1. The Morgan fingerprint density at radius 1 is 1.09 bits per heavy atom. The van der Waals surface area contributed by atoms with Crippen molar-refractivity contribution < 1.29 is 22.4 Å². The van der Waals surface area contributed by atoms with Gasteiger partial charge in [-0.25, -0.2) is 22.5 Å². The van der Waals surface area contributed by atoms with Gasteiger partial charge in [0, 0.05) is 22.7 Å². The van der Waals surface area contributed by atoms with Crippen LogP contribution in [0.15, 0.2) is 48.7 Å². The minimum absolute atomic E-state index is 0.0292. The molecule has 3 rings (SSSR count). The van der Waals surface area contributed by atoms with Gasteiger partial charge >= 0.3 is 0 Å². The second kappa shape index (κ2) is 10.2. The predicted molar refractivity (Wildman–Crippen MR) is 127 cm³/mol. The first-order valence-electron chi connectivity index (χ1n) is 9.62. The molecule has 0 fully saturated rings. The Morgan fingerprint density at radius 2 is 1.82 bits per heavy atom. The first-order chi connectivity index (χ1) is 15.6. The maximum Gasteiger partial charge on any atom is 0.253 e. The van der Waals surface area contributed by atoms with E-state index in [9.17, 15) is 18.0 Å². The predicted octanol–water partition coefficient (Wildman–Crippen LogP) is 5.47. The van der Waals surface area contributed by atoms with E-state index in [1.807, 2.05) is 22.6 Å². The molecule has 5 nitrogen and oxygen atoms in total. The Labute approximate surface area is 201 Å². The van der Waals surface area contributed by atoms with Crippen molar-refractivity contribution in [1.29, 1.82) is 0 Å². The number of halogens is 5. The number of pyridine rings is 1. The maximum atomic E-state index is 15.2. The quantitative estimate of drug-likeness (QED) is 0.200. The average Bonchev–Trinajstić information content (AvgIpc) is 2.76. The summed E-state index contributed by atoms with van der Waals surface area (Å²) in [6, 6.07) is 6.47. The summed E-state index contributed by atoms with van der Waals surface area (Å²) in [7, 11) is 0. The number of hydrogen-bond donors (Lipinski definition) is 3. The van der Waals surface area contributed by atoms with Crippen LogP contribution in [0.3, 0.4) is 0 Å². The van der Waals surface area contributed by atoms with Gasteiger partial charge in [-0.1, -0.05) is 12.2 Å². The third-order valence-electron chi connectivity index (χ3n) is 4.65. The van der Waals surface area contributed by atoms with E-state index in [-0.39, 0.29) is 41.2 Å². The minimum Gasteiger partial charge on any atom is -0.381 e. The molecule has 0 unspecified atom stereocenters. The van der Waals surface area contributed by atoms with E-state index >= 15 is 4.39 Å². The molecule has 0 atom stereocenters. The van der Waals surface area contributed by atoms with Gasteiger partial charge in [0.1, 0.15) is 5.82 Å². The lowest BCUT2D eigenvalue weighted by Gasteiger charge is -2.17. The first kappa shape index (κ1) is 24.5. The van der Waals surface area contributed by atoms with E-state index in [0.717, 1.165) is 6.07 Å². The van der Waals surface area contributed by atoms with Crippen LogP contribution in [0, 0.1) is 26.8 Å². The number of nitrogens with two attached hydrogens (primary N) is 1. The van der Waals surface area contributed by atoms with E-state index in [4.69, 9.17) is 5.73 Å². The molecule has 0 spiro atoms. The van der Waals surface area contributed by atoms with Crippen molar-refractivity contribution in [3.63, 3.8) is 0 Å². The number of nitrogen functional groups attached to an aromatic ring is 1. The lowest BCUT2D eigenvalue weighted by atomic mass is 9.99. The van der Waals surface area contributed by atoms with E-state index in [2.05, 4.69) is 22.2 Å². The van der Waals surface area contributed by atoms with Crippen molar-refractivity contribution in [3.8, 4) is 0 Å².